The Labute approximate surface area is 153 Å². The molecule has 5 nitrogen and oxygen atoms in total. The molecule has 0 aliphatic rings. The number of carbonyl (C=O) groups excluding carboxylic acids is 1. The van der Waals surface area contributed by atoms with E-state index in [1.54, 1.807) is 31.5 Å². The molecule has 0 radical (unpaired) electrons. The van der Waals surface area contributed by atoms with Crippen molar-refractivity contribution in [2.45, 2.75) is 19.8 Å². The highest BCUT2D eigenvalue weighted by molar-refractivity contribution is 6.08. The Morgan fingerprint density at radius 2 is 1.96 bits per heavy atom. The standard InChI is InChI=1S/C21H22N2O3/c1-3-4-13-26-18-11-10-16(14-19(18)25-2)21(24)23-17-9-5-7-15-8-6-12-22-20(15)17/h5-12,14H,3-4,13H2,1-2H3,(H,23,24). The number of benzene rings is 2. The van der Waals surface area contributed by atoms with E-state index in [4.69, 9.17) is 9.47 Å². The fourth-order valence-electron chi connectivity index (χ4n) is 2.65. The number of para-hydroxylation sites is 1. The van der Waals surface area contributed by atoms with Crippen molar-refractivity contribution in [3.8, 4) is 11.5 Å². The van der Waals surface area contributed by atoms with Gasteiger partial charge >= 0.3 is 0 Å². The van der Waals surface area contributed by atoms with Gasteiger partial charge in [0.2, 0.25) is 0 Å². The van der Waals surface area contributed by atoms with Crippen LogP contribution in [0.5, 0.6) is 11.5 Å². The lowest BCUT2D eigenvalue weighted by Gasteiger charge is -2.12. The number of unbranched alkanes of at least 4 members (excludes halogenated alkanes) is 1. The Morgan fingerprint density at radius 3 is 2.77 bits per heavy atom. The molecule has 5 heteroatoms. The molecule has 26 heavy (non-hydrogen) atoms. The molecule has 0 spiro atoms. The summed E-state index contributed by atoms with van der Waals surface area (Å²) in [5.74, 6) is 0.968. The van der Waals surface area contributed by atoms with Crippen LogP contribution in [0.25, 0.3) is 10.9 Å². The molecule has 0 bridgehead atoms. The number of rotatable bonds is 7. The van der Waals surface area contributed by atoms with Crippen molar-refractivity contribution < 1.29 is 14.3 Å². The lowest BCUT2D eigenvalue weighted by atomic mass is 10.1. The Morgan fingerprint density at radius 1 is 1.12 bits per heavy atom. The molecular formula is C21H22N2O3. The molecule has 3 rings (SSSR count). The molecule has 1 amide bonds. The summed E-state index contributed by atoms with van der Waals surface area (Å²) in [6.45, 7) is 2.73. The van der Waals surface area contributed by atoms with Crippen LogP contribution < -0.4 is 14.8 Å². The fraction of sp³-hybridized carbons (Fsp3) is 0.238. The number of nitrogens with zero attached hydrogens (tertiary/aromatic N) is 1. The Balaban J connectivity index is 1.81. The first-order chi connectivity index (χ1) is 12.7. The first kappa shape index (κ1) is 17.7. The van der Waals surface area contributed by atoms with Gasteiger partial charge in [0, 0.05) is 17.1 Å². The number of amides is 1. The van der Waals surface area contributed by atoms with E-state index in [0.29, 0.717) is 29.4 Å². The number of anilines is 1. The van der Waals surface area contributed by atoms with Gasteiger partial charge in [-0.1, -0.05) is 31.5 Å². The van der Waals surface area contributed by atoms with Crippen LogP contribution in [-0.4, -0.2) is 24.6 Å². The normalized spacial score (nSPS) is 10.5. The summed E-state index contributed by atoms with van der Waals surface area (Å²) in [4.78, 5) is 17.0. The zero-order chi connectivity index (χ0) is 18.4. The summed E-state index contributed by atoms with van der Waals surface area (Å²) in [6.07, 6.45) is 3.74. The van der Waals surface area contributed by atoms with Crippen LogP contribution in [0.15, 0.2) is 54.7 Å². The van der Waals surface area contributed by atoms with Crippen molar-refractivity contribution in [3.05, 3.63) is 60.3 Å². The number of aromatic nitrogens is 1. The second-order valence-electron chi connectivity index (χ2n) is 5.90. The Bertz CT molecular complexity index is 903. The van der Waals surface area contributed by atoms with Crippen molar-refractivity contribution >= 4 is 22.5 Å². The monoisotopic (exact) mass is 350 g/mol. The van der Waals surface area contributed by atoms with Gasteiger partial charge in [-0.15, -0.1) is 0 Å². The highest BCUT2D eigenvalue weighted by Gasteiger charge is 2.13. The molecule has 134 valence electrons. The molecule has 0 saturated carbocycles. The predicted molar refractivity (Wildman–Crippen MR) is 103 cm³/mol. The quantitative estimate of drug-likeness (QED) is 0.629. The van der Waals surface area contributed by atoms with Gasteiger partial charge in [-0.3, -0.25) is 9.78 Å². The molecule has 0 saturated heterocycles. The van der Waals surface area contributed by atoms with E-state index >= 15 is 0 Å². The molecule has 3 aromatic rings. The zero-order valence-electron chi connectivity index (χ0n) is 15.0. The van der Waals surface area contributed by atoms with Crippen LogP contribution in [-0.2, 0) is 0 Å². The molecule has 0 aliphatic heterocycles. The number of carbonyl (C=O) groups is 1. The van der Waals surface area contributed by atoms with Gasteiger partial charge in [0.05, 0.1) is 24.9 Å². The van der Waals surface area contributed by atoms with Crippen molar-refractivity contribution in [2.24, 2.45) is 0 Å². The van der Waals surface area contributed by atoms with Gasteiger partial charge in [0.25, 0.3) is 5.91 Å². The van der Waals surface area contributed by atoms with Gasteiger partial charge in [0.15, 0.2) is 11.5 Å². The maximum Gasteiger partial charge on any atom is 0.255 e. The number of fused-ring (bicyclic) bond motifs is 1. The minimum absolute atomic E-state index is 0.221. The molecule has 1 N–H and O–H groups in total. The number of pyridine rings is 1. The van der Waals surface area contributed by atoms with E-state index in [9.17, 15) is 4.79 Å². The number of methoxy groups -OCH3 is 1. The minimum atomic E-state index is -0.221. The topological polar surface area (TPSA) is 60.5 Å². The van der Waals surface area contributed by atoms with Crippen molar-refractivity contribution in [2.75, 3.05) is 19.0 Å². The van der Waals surface area contributed by atoms with Gasteiger partial charge in [0.1, 0.15) is 0 Å². The number of ether oxygens (including phenoxy) is 2. The number of nitrogens with one attached hydrogen (secondary N) is 1. The van der Waals surface area contributed by atoms with Crippen LogP contribution in [0.2, 0.25) is 0 Å². The molecule has 0 atom stereocenters. The highest BCUT2D eigenvalue weighted by atomic mass is 16.5. The van der Waals surface area contributed by atoms with Crippen LogP contribution in [0, 0.1) is 0 Å². The average Bonchev–Trinajstić information content (AvgIpc) is 2.68. The SMILES string of the molecule is CCCCOc1ccc(C(=O)Nc2cccc3cccnc23)cc1OC. The molecule has 0 unspecified atom stereocenters. The summed E-state index contributed by atoms with van der Waals surface area (Å²) < 4.78 is 11.1. The molecule has 1 heterocycles. The third-order valence-corrected chi connectivity index (χ3v) is 4.06. The Kier molecular flexibility index (Phi) is 5.69. The van der Waals surface area contributed by atoms with E-state index < -0.39 is 0 Å². The molecule has 2 aromatic carbocycles. The van der Waals surface area contributed by atoms with Crippen LogP contribution in [0.3, 0.4) is 0 Å². The highest BCUT2D eigenvalue weighted by Crippen LogP contribution is 2.29. The summed E-state index contributed by atoms with van der Waals surface area (Å²) in [7, 11) is 1.57. The summed E-state index contributed by atoms with van der Waals surface area (Å²) in [5, 5.41) is 3.90. The van der Waals surface area contributed by atoms with Gasteiger partial charge < -0.3 is 14.8 Å². The van der Waals surface area contributed by atoms with Crippen molar-refractivity contribution in [1.29, 1.82) is 0 Å². The minimum Gasteiger partial charge on any atom is -0.493 e. The first-order valence-corrected chi connectivity index (χ1v) is 8.69. The van der Waals surface area contributed by atoms with E-state index in [0.717, 1.165) is 23.7 Å². The van der Waals surface area contributed by atoms with E-state index in [1.807, 2.05) is 30.3 Å². The number of hydrogen-bond donors (Lipinski definition) is 1. The van der Waals surface area contributed by atoms with Crippen LogP contribution in [0.1, 0.15) is 30.1 Å². The van der Waals surface area contributed by atoms with E-state index in [1.165, 1.54) is 0 Å². The maximum atomic E-state index is 12.7. The third kappa shape index (κ3) is 3.94. The summed E-state index contributed by atoms with van der Waals surface area (Å²) >= 11 is 0. The second-order valence-corrected chi connectivity index (χ2v) is 5.90. The smallest absolute Gasteiger partial charge is 0.255 e. The number of hydrogen-bond acceptors (Lipinski definition) is 4. The molecular weight excluding hydrogens is 328 g/mol. The molecule has 1 aromatic heterocycles. The fourth-order valence-corrected chi connectivity index (χ4v) is 2.65. The molecule has 0 fully saturated rings. The third-order valence-electron chi connectivity index (χ3n) is 4.06. The molecule has 0 aliphatic carbocycles. The maximum absolute atomic E-state index is 12.7. The van der Waals surface area contributed by atoms with E-state index in [-0.39, 0.29) is 5.91 Å². The van der Waals surface area contributed by atoms with Gasteiger partial charge in [-0.2, -0.15) is 0 Å². The van der Waals surface area contributed by atoms with Gasteiger partial charge in [-0.25, -0.2) is 0 Å². The Hall–Kier alpha value is -3.08. The summed E-state index contributed by atoms with van der Waals surface area (Å²) in [6, 6.07) is 14.7. The largest absolute Gasteiger partial charge is 0.493 e. The van der Waals surface area contributed by atoms with Crippen molar-refractivity contribution in [1.82, 2.24) is 4.98 Å². The van der Waals surface area contributed by atoms with Crippen LogP contribution in [0.4, 0.5) is 5.69 Å². The van der Waals surface area contributed by atoms with Crippen LogP contribution >= 0.6 is 0 Å². The van der Waals surface area contributed by atoms with Gasteiger partial charge in [-0.05, 0) is 36.8 Å². The van der Waals surface area contributed by atoms with Crippen molar-refractivity contribution in [3.63, 3.8) is 0 Å². The van der Waals surface area contributed by atoms with E-state index in [2.05, 4.69) is 17.2 Å². The first-order valence-electron chi connectivity index (χ1n) is 8.69. The second kappa shape index (κ2) is 8.34. The lowest BCUT2D eigenvalue weighted by Crippen LogP contribution is -2.12. The average molecular weight is 350 g/mol. The predicted octanol–water partition coefficient (Wildman–Crippen LogP) is 4.67. The zero-order valence-corrected chi connectivity index (χ0v) is 15.0. The lowest BCUT2D eigenvalue weighted by molar-refractivity contribution is 0.102. The summed E-state index contributed by atoms with van der Waals surface area (Å²) in [5.41, 5.74) is 1.93.